The zero-order chi connectivity index (χ0) is 23.2. The van der Waals surface area contributed by atoms with Gasteiger partial charge in [0.1, 0.15) is 12.0 Å². The molecule has 0 spiro atoms. The lowest BCUT2D eigenvalue weighted by Gasteiger charge is -2.16. The fourth-order valence-corrected chi connectivity index (χ4v) is 4.15. The maximum Gasteiger partial charge on any atom is 0.325 e. The average Bonchev–Trinajstić information content (AvgIpc) is 3.30. The molecule has 0 aliphatic carbocycles. The summed E-state index contributed by atoms with van der Waals surface area (Å²) in [4.78, 5) is 21.3. The molecule has 3 aromatic rings. The van der Waals surface area contributed by atoms with E-state index >= 15 is 0 Å². The van der Waals surface area contributed by atoms with Gasteiger partial charge >= 0.3 is 6.03 Å². The molecule has 170 valence electrons. The van der Waals surface area contributed by atoms with Gasteiger partial charge in [-0.3, -0.25) is 5.32 Å². The first kappa shape index (κ1) is 22.8. The lowest BCUT2D eigenvalue weighted by Crippen LogP contribution is -2.21. The molecular formula is C24H25ClN6OS. The van der Waals surface area contributed by atoms with Crippen LogP contribution in [0.3, 0.4) is 0 Å². The van der Waals surface area contributed by atoms with Gasteiger partial charge in [0.25, 0.3) is 0 Å². The van der Waals surface area contributed by atoms with E-state index in [1.165, 1.54) is 16.9 Å². The van der Waals surface area contributed by atoms with Crippen LogP contribution in [0.2, 0.25) is 0 Å². The lowest BCUT2D eigenvalue weighted by atomic mass is 10.0. The van der Waals surface area contributed by atoms with E-state index in [1.807, 2.05) is 49.6 Å². The fraction of sp³-hybridized carbons (Fsp3) is 0.208. The molecule has 33 heavy (non-hydrogen) atoms. The summed E-state index contributed by atoms with van der Waals surface area (Å²) in [7, 11) is 0. The number of hydrogen-bond donors (Lipinski definition) is 4. The number of nitrogens with one attached hydrogen (secondary N) is 4. The molecule has 1 atom stereocenters. The summed E-state index contributed by atoms with van der Waals surface area (Å²) in [5, 5.41) is 15.3. The van der Waals surface area contributed by atoms with Gasteiger partial charge in [-0.05, 0) is 68.1 Å². The molecule has 0 saturated heterocycles. The molecule has 0 radical (unpaired) electrons. The molecule has 1 aliphatic rings. The highest BCUT2D eigenvalue weighted by molar-refractivity contribution is 7.13. The fourth-order valence-electron chi connectivity index (χ4n) is 3.53. The minimum absolute atomic E-state index is 0.188. The Morgan fingerprint density at radius 3 is 2.85 bits per heavy atom. The summed E-state index contributed by atoms with van der Waals surface area (Å²) >= 11 is 7.82. The van der Waals surface area contributed by atoms with Gasteiger partial charge in [0.05, 0.1) is 5.03 Å². The number of benzene rings is 2. The minimum Gasteiger partial charge on any atom is -0.364 e. The Labute approximate surface area is 202 Å². The Morgan fingerprint density at radius 1 is 1.18 bits per heavy atom. The number of aliphatic imine (C=N–C) groups is 1. The van der Waals surface area contributed by atoms with Crippen LogP contribution in [-0.4, -0.2) is 23.0 Å². The summed E-state index contributed by atoms with van der Waals surface area (Å²) in [6.45, 7) is 3.85. The van der Waals surface area contributed by atoms with Crippen LogP contribution >= 0.6 is 22.9 Å². The maximum atomic E-state index is 12.5. The van der Waals surface area contributed by atoms with E-state index in [9.17, 15) is 4.79 Å². The van der Waals surface area contributed by atoms with Crippen LogP contribution in [0.15, 0.2) is 70.1 Å². The van der Waals surface area contributed by atoms with Crippen LogP contribution in [0.25, 0.3) is 0 Å². The second kappa shape index (κ2) is 10.5. The zero-order valence-electron chi connectivity index (χ0n) is 18.4. The highest BCUT2D eigenvalue weighted by atomic mass is 35.5. The minimum atomic E-state index is -0.330. The Morgan fingerprint density at radius 2 is 2.06 bits per heavy atom. The van der Waals surface area contributed by atoms with Gasteiger partial charge in [-0.25, -0.2) is 14.8 Å². The molecule has 0 fully saturated rings. The first-order valence-electron chi connectivity index (χ1n) is 10.6. The number of hydrogen-bond acceptors (Lipinski definition) is 6. The third-order valence-corrected chi connectivity index (χ3v) is 6.14. The van der Waals surface area contributed by atoms with Crippen molar-refractivity contribution in [3.05, 3.63) is 76.3 Å². The number of amides is 2. The van der Waals surface area contributed by atoms with E-state index in [4.69, 9.17) is 16.6 Å². The molecule has 1 aromatic heterocycles. The van der Waals surface area contributed by atoms with Crippen molar-refractivity contribution < 1.29 is 4.79 Å². The Hall–Kier alpha value is -3.36. The molecule has 4 N–H and O–H groups in total. The number of halogens is 1. The number of carbonyl (C=O) groups is 1. The third-order valence-electron chi connectivity index (χ3n) is 5.06. The van der Waals surface area contributed by atoms with E-state index in [2.05, 4.69) is 38.4 Å². The van der Waals surface area contributed by atoms with E-state index in [0.29, 0.717) is 16.0 Å². The highest BCUT2D eigenvalue weighted by Crippen LogP contribution is 2.25. The number of amidine groups is 1. The Kier molecular flexibility index (Phi) is 7.26. The molecule has 4 bridgehead atoms. The van der Waals surface area contributed by atoms with Crippen molar-refractivity contribution in [3.8, 4) is 0 Å². The number of aryl methyl sites for hydroxylation is 2. The van der Waals surface area contributed by atoms with Gasteiger partial charge in [0.2, 0.25) is 0 Å². The van der Waals surface area contributed by atoms with Gasteiger partial charge in [-0.1, -0.05) is 29.8 Å². The van der Waals surface area contributed by atoms with Gasteiger partial charge in [0.15, 0.2) is 5.13 Å². The Balaban J connectivity index is 1.67. The smallest absolute Gasteiger partial charge is 0.325 e. The predicted octanol–water partition coefficient (Wildman–Crippen LogP) is 6.30. The van der Waals surface area contributed by atoms with Crippen LogP contribution in [0.1, 0.15) is 25.0 Å². The number of thiazole rings is 1. The SMILES string of the molecule is C/C=C(Cl)\C1=N/C(C)Nc2cccc(c2)CCc2cc(ccc2NC(=O)Nc2nccs2)N1. The first-order chi connectivity index (χ1) is 16.0. The second-order valence-corrected chi connectivity index (χ2v) is 8.85. The van der Waals surface area contributed by atoms with Crippen LogP contribution in [0, 0.1) is 0 Å². The van der Waals surface area contributed by atoms with E-state index in [-0.39, 0.29) is 12.2 Å². The molecule has 2 amide bonds. The predicted molar refractivity (Wildman–Crippen MR) is 139 cm³/mol. The summed E-state index contributed by atoms with van der Waals surface area (Å²) in [6, 6.07) is 13.8. The molecule has 1 aliphatic heterocycles. The molecule has 4 rings (SSSR count). The Bertz CT molecular complexity index is 1190. The zero-order valence-corrected chi connectivity index (χ0v) is 19.9. The quantitative estimate of drug-likeness (QED) is 0.354. The largest absolute Gasteiger partial charge is 0.364 e. The number of carbonyl (C=O) groups excluding carboxylic acids is 1. The molecule has 7 nitrogen and oxygen atoms in total. The number of anilines is 4. The molecule has 9 heteroatoms. The summed E-state index contributed by atoms with van der Waals surface area (Å²) in [5.41, 5.74) is 4.76. The normalized spacial score (nSPS) is 17.7. The number of nitrogens with zero attached hydrogens (tertiary/aromatic N) is 2. The van der Waals surface area contributed by atoms with Crippen molar-refractivity contribution >= 4 is 57.0 Å². The number of rotatable bonds is 3. The van der Waals surface area contributed by atoms with E-state index < -0.39 is 0 Å². The first-order valence-corrected chi connectivity index (χ1v) is 11.9. The van der Waals surface area contributed by atoms with E-state index in [0.717, 1.165) is 35.5 Å². The number of allylic oxidation sites excluding steroid dienone is 1. The standard InChI is InChI=1S/C24H25ClN6OS/c1-3-20(25)22-28-15(2)27-18-6-4-5-16(13-18)7-8-17-14-19(29-22)9-10-21(17)30-23(32)31-24-26-11-12-33-24/h3-6,9-15,27H,7-8H2,1-2H3,(H,28,29)(H2,26,30,31,32)/b20-3+. The monoisotopic (exact) mass is 480 g/mol. The van der Waals surface area contributed by atoms with Gasteiger partial charge < -0.3 is 16.0 Å². The second-order valence-electron chi connectivity index (χ2n) is 7.55. The highest BCUT2D eigenvalue weighted by Gasteiger charge is 2.13. The molecule has 1 unspecified atom stereocenters. The van der Waals surface area contributed by atoms with Crippen molar-refractivity contribution in [2.24, 2.45) is 4.99 Å². The molecular weight excluding hydrogens is 456 g/mol. The van der Waals surface area contributed by atoms with Crippen molar-refractivity contribution in [3.63, 3.8) is 0 Å². The molecule has 2 heterocycles. The van der Waals surface area contributed by atoms with Gasteiger partial charge in [0, 0.05) is 28.6 Å². The molecule has 0 saturated carbocycles. The van der Waals surface area contributed by atoms with Crippen LogP contribution in [0.5, 0.6) is 0 Å². The van der Waals surface area contributed by atoms with Crippen molar-refractivity contribution in [1.82, 2.24) is 4.98 Å². The van der Waals surface area contributed by atoms with Crippen LogP contribution < -0.4 is 21.3 Å². The van der Waals surface area contributed by atoms with E-state index in [1.54, 1.807) is 12.3 Å². The lowest BCUT2D eigenvalue weighted by molar-refractivity contribution is 0.262. The number of fused-ring (bicyclic) bond motifs is 4. The summed E-state index contributed by atoms with van der Waals surface area (Å²) in [5.74, 6) is 0.572. The van der Waals surface area contributed by atoms with Gasteiger partial charge in [-0.2, -0.15) is 0 Å². The molecule has 2 aromatic carbocycles. The number of urea groups is 1. The van der Waals surface area contributed by atoms with Crippen LogP contribution in [0.4, 0.5) is 27.0 Å². The number of aromatic nitrogens is 1. The van der Waals surface area contributed by atoms with Crippen molar-refractivity contribution in [2.75, 3.05) is 21.3 Å². The average molecular weight is 481 g/mol. The summed E-state index contributed by atoms with van der Waals surface area (Å²) in [6.07, 6.45) is 4.83. The van der Waals surface area contributed by atoms with Gasteiger partial charge in [-0.15, -0.1) is 11.3 Å². The maximum absolute atomic E-state index is 12.5. The topological polar surface area (TPSA) is 90.4 Å². The van der Waals surface area contributed by atoms with Crippen molar-refractivity contribution in [2.45, 2.75) is 32.9 Å². The summed E-state index contributed by atoms with van der Waals surface area (Å²) < 4.78 is 0. The van der Waals surface area contributed by atoms with Crippen LogP contribution in [-0.2, 0) is 12.8 Å². The van der Waals surface area contributed by atoms with Crippen molar-refractivity contribution in [1.29, 1.82) is 0 Å². The third kappa shape index (κ3) is 6.12.